The van der Waals surface area contributed by atoms with Gasteiger partial charge in [0.05, 0.1) is 16.4 Å². The van der Waals surface area contributed by atoms with E-state index in [1.54, 1.807) is 48.5 Å². The van der Waals surface area contributed by atoms with Crippen molar-refractivity contribution in [3.63, 3.8) is 0 Å². The minimum atomic E-state index is -0.520. The van der Waals surface area contributed by atoms with Crippen LogP contribution in [0.25, 0.3) is 11.5 Å². The first-order valence-corrected chi connectivity index (χ1v) is 11.2. The summed E-state index contributed by atoms with van der Waals surface area (Å²) in [6.45, 7) is 0. The quantitative estimate of drug-likeness (QED) is 0.152. The number of nitrogens with zero attached hydrogens (tertiary/aromatic N) is 3. The third kappa shape index (κ3) is 5.48. The van der Waals surface area contributed by atoms with E-state index in [4.69, 9.17) is 16.0 Å². The fourth-order valence-corrected chi connectivity index (χ4v) is 3.74. The molecular formula is C23H15ClN4O5S. The number of halogens is 1. The van der Waals surface area contributed by atoms with Gasteiger partial charge in [-0.2, -0.15) is 0 Å². The van der Waals surface area contributed by atoms with E-state index in [2.05, 4.69) is 15.5 Å². The summed E-state index contributed by atoms with van der Waals surface area (Å²) in [4.78, 5) is 35.9. The van der Waals surface area contributed by atoms with Crippen molar-refractivity contribution in [2.24, 2.45) is 0 Å². The van der Waals surface area contributed by atoms with Gasteiger partial charge in [-0.3, -0.25) is 19.7 Å². The molecule has 0 fully saturated rings. The summed E-state index contributed by atoms with van der Waals surface area (Å²) < 4.78 is 5.51. The maximum atomic E-state index is 12.9. The number of aromatic nitrogens is 2. The third-order valence-electron chi connectivity index (χ3n) is 4.57. The Bertz CT molecular complexity index is 1380. The number of amides is 1. The molecule has 0 spiro atoms. The zero-order chi connectivity index (χ0) is 24.1. The Balaban J connectivity index is 1.43. The normalized spacial score (nSPS) is 10.6. The van der Waals surface area contributed by atoms with E-state index in [0.29, 0.717) is 21.8 Å². The molecule has 11 heteroatoms. The van der Waals surface area contributed by atoms with Gasteiger partial charge < -0.3 is 9.73 Å². The van der Waals surface area contributed by atoms with E-state index < -0.39 is 10.8 Å². The van der Waals surface area contributed by atoms with Gasteiger partial charge >= 0.3 is 0 Å². The zero-order valence-electron chi connectivity index (χ0n) is 17.3. The number of rotatable bonds is 8. The molecule has 1 amide bonds. The Kier molecular flexibility index (Phi) is 7.00. The summed E-state index contributed by atoms with van der Waals surface area (Å²) >= 11 is 7.06. The van der Waals surface area contributed by atoms with Crippen LogP contribution in [0.3, 0.4) is 0 Å². The molecular weight excluding hydrogens is 480 g/mol. The number of nitro benzene ring substituents is 1. The largest absolute Gasteiger partial charge is 0.411 e. The van der Waals surface area contributed by atoms with Crippen molar-refractivity contribution in [3.05, 3.63) is 99.1 Å². The number of thioether (sulfide) groups is 1. The van der Waals surface area contributed by atoms with Crippen molar-refractivity contribution >= 4 is 46.4 Å². The Morgan fingerprint density at radius 3 is 2.59 bits per heavy atom. The van der Waals surface area contributed by atoms with Crippen molar-refractivity contribution in [3.8, 4) is 11.5 Å². The van der Waals surface area contributed by atoms with E-state index in [9.17, 15) is 19.7 Å². The van der Waals surface area contributed by atoms with Crippen LogP contribution < -0.4 is 5.32 Å². The van der Waals surface area contributed by atoms with E-state index in [1.807, 2.05) is 0 Å². The molecule has 0 atom stereocenters. The third-order valence-corrected chi connectivity index (χ3v) is 5.63. The van der Waals surface area contributed by atoms with Gasteiger partial charge in [0.2, 0.25) is 11.8 Å². The maximum absolute atomic E-state index is 12.9. The molecule has 0 unspecified atom stereocenters. The van der Waals surface area contributed by atoms with Crippen LogP contribution >= 0.6 is 23.4 Å². The van der Waals surface area contributed by atoms with E-state index in [1.165, 1.54) is 24.3 Å². The first kappa shape index (κ1) is 23.1. The first-order chi connectivity index (χ1) is 16.4. The molecule has 0 aliphatic carbocycles. The summed E-state index contributed by atoms with van der Waals surface area (Å²) in [6, 6.07) is 19.1. The highest BCUT2D eigenvalue weighted by atomic mass is 35.5. The highest BCUT2D eigenvalue weighted by Crippen LogP contribution is 2.27. The molecule has 1 heterocycles. The summed E-state index contributed by atoms with van der Waals surface area (Å²) in [7, 11) is 0. The topological polar surface area (TPSA) is 128 Å². The SMILES string of the molecule is O=C(CSc1nnc(-c2cccc([N+](=O)[O-])c2)o1)Nc1ccc(Cl)cc1C(=O)c1ccccc1. The molecule has 3 aromatic carbocycles. The summed E-state index contributed by atoms with van der Waals surface area (Å²) in [6.07, 6.45) is 0. The van der Waals surface area contributed by atoms with Crippen molar-refractivity contribution in [1.82, 2.24) is 10.2 Å². The molecule has 0 radical (unpaired) electrons. The minimum absolute atomic E-state index is 0.0713. The second-order valence-electron chi connectivity index (χ2n) is 6.90. The van der Waals surface area contributed by atoms with Crippen molar-refractivity contribution in [1.29, 1.82) is 0 Å². The second kappa shape index (κ2) is 10.3. The molecule has 9 nitrogen and oxygen atoms in total. The van der Waals surface area contributed by atoms with Gasteiger partial charge in [0, 0.05) is 33.8 Å². The monoisotopic (exact) mass is 494 g/mol. The number of hydrogen-bond donors (Lipinski definition) is 1. The molecule has 0 saturated carbocycles. The number of nitrogens with one attached hydrogen (secondary N) is 1. The number of anilines is 1. The number of carbonyl (C=O) groups is 2. The van der Waals surface area contributed by atoms with E-state index in [0.717, 1.165) is 11.8 Å². The van der Waals surface area contributed by atoms with Gasteiger partial charge in [0.15, 0.2) is 5.78 Å². The predicted octanol–water partition coefficient (Wildman–Crippen LogP) is 5.26. The number of hydrogen-bond acceptors (Lipinski definition) is 8. The minimum Gasteiger partial charge on any atom is -0.411 e. The molecule has 170 valence electrons. The molecule has 0 bridgehead atoms. The van der Waals surface area contributed by atoms with Crippen LogP contribution in [0.2, 0.25) is 5.02 Å². The molecule has 1 N–H and O–H groups in total. The molecule has 0 aliphatic heterocycles. The van der Waals surface area contributed by atoms with Gasteiger partial charge in [0.25, 0.3) is 10.9 Å². The Morgan fingerprint density at radius 2 is 1.82 bits per heavy atom. The van der Waals surface area contributed by atoms with Gasteiger partial charge in [-0.1, -0.05) is 59.8 Å². The number of nitro groups is 1. The second-order valence-corrected chi connectivity index (χ2v) is 8.27. The zero-order valence-corrected chi connectivity index (χ0v) is 18.9. The Labute approximate surface area is 202 Å². The lowest BCUT2D eigenvalue weighted by Gasteiger charge is -2.11. The molecule has 34 heavy (non-hydrogen) atoms. The molecule has 4 rings (SSSR count). The van der Waals surface area contributed by atoms with Gasteiger partial charge in [-0.25, -0.2) is 0 Å². The average Bonchev–Trinajstić information content (AvgIpc) is 3.33. The molecule has 0 saturated heterocycles. The lowest BCUT2D eigenvalue weighted by Crippen LogP contribution is -2.17. The molecule has 4 aromatic rings. The van der Waals surface area contributed by atoms with Crippen LogP contribution in [-0.2, 0) is 4.79 Å². The first-order valence-electron chi connectivity index (χ1n) is 9.81. The number of non-ortho nitro benzene ring substituents is 1. The van der Waals surface area contributed by atoms with E-state index in [-0.39, 0.29) is 33.9 Å². The van der Waals surface area contributed by atoms with Crippen molar-refractivity contribution in [2.75, 3.05) is 11.1 Å². The maximum Gasteiger partial charge on any atom is 0.277 e. The average molecular weight is 495 g/mol. The fraction of sp³-hybridized carbons (Fsp3) is 0.0435. The lowest BCUT2D eigenvalue weighted by atomic mass is 10.0. The van der Waals surface area contributed by atoms with Gasteiger partial charge in [-0.15, -0.1) is 10.2 Å². The number of benzene rings is 3. The van der Waals surface area contributed by atoms with Crippen LogP contribution in [0.4, 0.5) is 11.4 Å². The van der Waals surface area contributed by atoms with Crippen LogP contribution in [0.15, 0.2) is 82.4 Å². The highest BCUT2D eigenvalue weighted by Gasteiger charge is 2.18. The van der Waals surface area contributed by atoms with Crippen LogP contribution in [-0.4, -0.2) is 32.6 Å². The summed E-state index contributed by atoms with van der Waals surface area (Å²) in [5, 5.41) is 21.9. The van der Waals surface area contributed by atoms with Crippen LogP contribution in [0.1, 0.15) is 15.9 Å². The summed E-state index contributed by atoms with van der Waals surface area (Å²) in [5.74, 6) is -0.646. The highest BCUT2D eigenvalue weighted by molar-refractivity contribution is 7.99. The fourth-order valence-electron chi connectivity index (χ4n) is 3.01. The van der Waals surface area contributed by atoms with Crippen LogP contribution in [0.5, 0.6) is 0 Å². The summed E-state index contributed by atoms with van der Waals surface area (Å²) in [5.41, 5.74) is 1.35. The standard InChI is InChI=1S/C23H15ClN4O5S/c24-16-9-10-19(18(12-16)21(30)14-5-2-1-3-6-14)25-20(29)13-34-23-27-26-22(33-23)15-7-4-8-17(11-15)28(31)32/h1-12H,13H2,(H,25,29). The molecule has 1 aromatic heterocycles. The predicted molar refractivity (Wildman–Crippen MR) is 127 cm³/mol. The van der Waals surface area contributed by atoms with Crippen molar-refractivity contribution in [2.45, 2.75) is 5.22 Å². The smallest absolute Gasteiger partial charge is 0.277 e. The molecule has 0 aliphatic rings. The Morgan fingerprint density at radius 1 is 1.03 bits per heavy atom. The van der Waals surface area contributed by atoms with E-state index >= 15 is 0 Å². The van der Waals surface area contributed by atoms with Crippen molar-refractivity contribution < 1.29 is 18.9 Å². The number of ketones is 1. The van der Waals surface area contributed by atoms with Gasteiger partial charge in [0.1, 0.15) is 0 Å². The van der Waals surface area contributed by atoms with Crippen LogP contribution in [0, 0.1) is 10.1 Å². The van der Waals surface area contributed by atoms with Gasteiger partial charge in [-0.05, 0) is 24.3 Å². The number of carbonyl (C=O) groups excluding carboxylic acids is 2. The Hall–Kier alpha value is -4.02. The lowest BCUT2D eigenvalue weighted by molar-refractivity contribution is -0.384.